The van der Waals surface area contributed by atoms with Crippen LogP contribution in [0.4, 0.5) is 0 Å². The van der Waals surface area contributed by atoms with E-state index in [1.54, 1.807) is 0 Å². The van der Waals surface area contributed by atoms with Crippen LogP contribution in [0.1, 0.15) is 5.71 Å². The molecule has 0 saturated heterocycles. The molecule has 50 valence electrons. The van der Waals surface area contributed by atoms with Crippen LogP contribution in [0.25, 0.3) is 0 Å². The first-order valence-electron chi connectivity index (χ1n) is 2.20. The van der Waals surface area contributed by atoms with Gasteiger partial charge in [0.1, 0.15) is 0 Å². The first-order chi connectivity index (χ1) is 3.79. The largest absolute Gasteiger partial charge is 2.00 e. The Kier molecular flexibility index (Phi) is 10.5. The van der Waals surface area contributed by atoms with E-state index in [2.05, 4.69) is 31.9 Å². The van der Waals surface area contributed by atoms with Crippen LogP contribution >= 0.6 is 31.9 Å². The summed E-state index contributed by atoms with van der Waals surface area (Å²) in [6, 6.07) is 7.96. The average Bonchev–Trinajstić information content (AvgIpc) is 1.77. The van der Waals surface area contributed by atoms with Crippen molar-refractivity contribution in [2.75, 3.05) is 0 Å². The van der Waals surface area contributed by atoms with Crippen LogP contribution in [0.2, 0.25) is 0 Å². The van der Waals surface area contributed by atoms with Gasteiger partial charge >= 0.3 is 46.1 Å². The van der Waals surface area contributed by atoms with Crippen molar-refractivity contribution in [2.45, 2.75) is 0 Å². The van der Waals surface area contributed by atoms with Gasteiger partial charge in [-0.2, -0.15) is 0 Å². The average molecular weight is 289 g/mol. The topological polar surface area (TPSA) is 0 Å². The van der Waals surface area contributed by atoms with Gasteiger partial charge in [-0.1, -0.05) is 31.9 Å². The van der Waals surface area contributed by atoms with Crippen molar-refractivity contribution in [1.82, 2.24) is 0 Å². The maximum absolute atomic E-state index is 3.32. The molecule has 0 spiro atoms. The summed E-state index contributed by atoms with van der Waals surface area (Å²) in [6.45, 7) is 0. The Balaban J connectivity index is -0.0000000267. The molecule has 1 aromatic rings. The SMILES string of the molecule is Brc1ccc(Br)cc1.[H-].[H-].[H-].[H-].[Mg+2].[Mg+2]. The Hall–Kier alpha value is 1.71. The molecule has 0 atom stereocenters. The minimum Gasteiger partial charge on any atom is -1.00 e. The maximum Gasteiger partial charge on any atom is 2.00 e. The zero-order valence-electron chi connectivity index (χ0n) is 9.48. The number of hydrogen-bond donors (Lipinski definition) is 0. The molecule has 0 aliphatic carbocycles. The summed E-state index contributed by atoms with van der Waals surface area (Å²) in [5, 5.41) is 0. The fourth-order valence-corrected chi connectivity index (χ4v) is 0.958. The molecule has 1 aromatic carbocycles. The van der Waals surface area contributed by atoms with E-state index >= 15 is 0 Å². The Bertz CT molecular complexity index is 165. The summed E-state index contributed by atoms with van der Waals surface area (Å²) in [6.07, 6.45) is 0. The predicted octanol–water partition coefficient (Wildman–Crippen LogP) is 2.90. The minimum absolute atomic E-state index is 0. The van der Waals surface area contributed by atoms with Gasteiger partial charge in [-0.25, -0.2) is 0 Å². The molecule has 0 heterocycles. The maximum atomic E-state index is 3.32. The molecule has 0 amide bonds. The van der Waals surface area contributed by atoms with Crippen molar-refractivity contribution < 1.29 is 5.71 Å². The standard InChI is InChI=1S/C6H4Br2.2Mg.4H/c7-5-1-2-6(8)4-3-5;;;;;;/h1-4H;;;;;;/q;2*+2;4*-1. The molecule has 0 aliphatic rings. The quantitative estimate of drug-likeness (QED) is 0.644. The van der Waals surface area contributed by atoms with Crippen molar-refractivity contribution in [3.05, 3.63) is 33.2 Å². The predicted molar refractivity (Wildman–Crippen MR) is 57.8 cm³/mol. The second-order valence-electron chi connectivity index (χ2n) is 1.44. The minimum atomic E-state index is 0. The second-order valence-corrected chi connectivity index (χ2v) is 3.27. The summed E-state index contributed by atoms with van der Waals surface area (Å²) in [4.78, 5) is 0. The van der Waals surface area contributed by atoms with Gasteiger partial charge in [0.15, 0.2) is 0 Å². The van der Waals surface area contributed by atoms with Gasteiger partial charge in [0.05, 0.1) is 0 Å². The second kappa shape index (κ2) is 7.37. The van der Waals surface area contributed by atoms with Crippen LogP contribution in [0, 0.1) is 0 Å². The zero-order valence-corrected chi connectivity index (χ0v) is 11.5. The number of benzene rings is 1. The molecule has 0 radical (unpaired) electrons. The zero-order chi connectivity index (χ0) is 5.98. The molecule has 10 heavy (non-hydrogen) atoms. The van der Waals surface area contributed by atoms with Gasteiger partial charge in [0, 0.05) is 8.95 Å². The van der Waals surface area contributed by atoms with Crippen LogP contribution in [-0.2, 0) is 0 Å². The Morgan fingerprint density at radius 2 is 1.00 bits per heavy atom. The van der Waals surface area contributed by atoms with E-state index in [0.717, 1.165) is 8.95 Å². The Morgan fingerprint density at radius 3 is 1.20 bits per heavy atom. The van der Waals surface area contributed by atoms with E-state index in [0.29, 0.717) is 0 Å². The molecule has 0 aromatic heterocycles. The first-order valence-corrected chi connectivity index (χ1v) is 3.79. The Labute approximate surface area is 116 Å². The van der Waals surface area contributed by atoms with E-state index in [1.807, 2.05) is 24.3 Å². The molecule has 0 fully saturated rings. The van der Waals surface area contributed by atoms with Gasteiger partial charge in [-0.15, -0.1) is 0 Å². The molecule has 1 rings (SSSR count). The molecule has 4 heteroatoms. The van der Waals surface area contributed by atoms with Crippen molar-refractivity contribution in [2.24, 2.45) is 0 Å². The third kappa shape index (κ3) is 5.37. The van der Waals surface area contributed by atoms with Crippen molar-refractivity contribution in [1.29, 1.82) is 0 Å². The third-order valence-corrected chi connectivity index (χ3v) is 1.86. The van der Waals surface area contributed by atoms with Crippen LogP contribution in [0.15, 0.2) is 33.2 Å². The van der Waals surface area contributed by atoms with E-state index in [1.165, 1.54) is 0 Å². The normalized spacial score (nSPS) is 7.40. The number of hydrogen-bond acceptors (Lipinski definition) is 0. The van der Waals surface area contributed by atoms with Gasteiger partial charge in [0.25, 0.3) is 0 Å². The van der Waals surface area contributed by atoms with Crippen LogP contribution in [0.5, 0.6) is 0 Å². The van der Waals surface area contributed by atoms with E-state index in [-0.39, 0.29) is 51.8 Å². The van der Waals surface area contributed by atoms with Crippen molar-refractivity contribution in [3.8, 4) is 0 Å². The Morgan fingerprint density at radius 1 is 0.800 bits per heavy atom. The molecule has 0 nitrogen and oxygen atoms in total. The molecular weight excluding hydrogens is 280 g/mol. The number of rotatable bonds is 0. The van der Waals surface area contributed by atoms with Crippen molar-refractivity contribution in [3.63, 3.8) is 0 Å². The van der Waals surface area contributed by atoms with Gasteiger partial charge < -0.3 is 5.71 Å². The van der Waals surface area contributed by atoms with E-state index < -0.39 is 0 Å². The molecular formula is C6H8Br2Mg2. The van der Waals surface area contributed by atoms with E-state index in [4.69, 9.17) is 0 Å². The van der Waals surface area contributed by atoms with E-state index in [9.17, 15) is 0 Å². The molecule has 0 saturated carbocycles. The molecule has 0 N–H and O–H groups in total. The van der Waals surface area contributed by atoms with Crippen LogP contribution in [0.3, 0.4) is 0 Å². The monoisotopic (exact) mass is 286 g/mol. The van der Waals surface area contributed by atoms with Crippen LogP contribution < -0.4 is 0 Å². The first kappa shape index (κ1) is 14.2. The fraction of sp³-hybridized carbons (Fsp3) is 0. The fourth-order valence-electron chi connectivity index (χ4n) is 0.430. The van der Waals surface area contributed by atoms with Crippen LogP contribution in [-0.4, -0.2) is 46.1 Å². The summed E-state index contributed by atoms with van der Waals surface area (Å²) in [5.74, 6) is 0. The third-order valence-electron chi connectivity index (χ3n) is 0.804. The van der Waals surface area contributed by atoms with Gasteiger partial charge in [0.2, 0.25) is 0 Å². The summed E-state index contributed by atoms with van der Waals surface area (Å²) < 4.78 is 2.22. The number of halogens is 2. The summed E-state index contributed by atoms with van der Waals surface area (Å²) >= 11 is 6.65. The molecule has 0 aliphatic heterocycles. The summed E-state index contributed by atoms with van der Waals surface area (Å²) in [7, 11) is 0. The summed E-state index contributed by atoms with van der Waals surface area (Å²) in [5.41, 5.74) is 0. The molecule has 0 bridgehead atoms. The van der Waals surface area contributed by atoms with Gasteiger partial charge in [-0.3, -0.25) is 0 Å². The van der Waals surface area contributed by atoms with Crippen molar-refractivity contribution >= 4 is 78.0 Å². The molecule has 0 unspecified atom stereocenters. The smallest absolute Gasteiger partial charge is 1.00 e. The van der Waals surface area contributed by atoms with Gasteiger partial charge in [-0.05, 0) is 24.3 Å².